The molecule has 4 bridgehead atoms. The van der Waals surface area contributed by atoms with Gasteiger partial charge in [-0.1, -0.05) is 190 Å². The van der Waals surface area contributed by atoms with Crippen LogP contribution in [0.4, 0.5) is 23.3 Å². The number of benzene rings is 4. The van der Waals surface area contributed by atoms with E-state index < -0.39 is 71.2 Å². The first-order valence-corrected chi connectivity index (χ1v) is 51.8. The summed E-state index contributed by atoms with van der Waals surface area (Å²) >= 11 is 0. The lowest BCUT2D eigenvalue weighted by molar-refractivity contribution is -0.144. The van der Waals surface area contributed by atoms with E-state index in [2.05, 4.69) is 88.0 Å². The maximum absolute atomic E-state index is 14.4. The van der Waals surface area contributed by atoms with Gasteiger partial charge in [0.15, 0.2) is 11.6 Å². The number of ether oxygens (including phenoxy) is 4. The molecule has 12 atom stereocenters. The highest BCUT2D eigenvalue weighted by Crippen LogP contribution is 2.41. The molecule has 0 unspecified atom stereocenters. The van der Waals surface area contributed by atoms with Crippen molar-refractivity contribution in [1.29, 1.82) is 0 Å². The zero-order valence-corrected chi connectivity index (χ0v) is 89.7. The van der Waals surface area contributed by atoms with Crippen LogP contribution in [0.2, 0.25) is 0 Å². The van der Waals surface area contributed by atoms with Gasteiger partial charge in [-0.05, 0) is 145 Å². The van der Waals surface area contributed by atoms with E-state index in [0.29, 0.717) is 88.4 Å². The van der Waals surface area contributed by atoms with Crippen LogP contribution in [0.15, 0.2) is 109 Å². The molecule has 0 aliphatic carbocycles. The molecule has 0 saturated carbocycles. The van der Waals surface area contributed by atoms with E-state index in [-0.39, 0.29) is 204 Å². The lowest BCUT2D eigenvalue weighted by Gasteiger charge is -2.36. The van der Waals surface area contributed by atoms with Crippen LogP contribution < -0.4 is 74.1 Å². The second kappa shape index (κ2) is 54.2. The topological polar surface area (TPSA) is 506 Å². The van der Waals surface area contributed by atoms with E-state index >= 15 is 0 Å². The van der Waals surface area contributed by atoms with Crippen LogP contribution >= 0.6 is 0 Å². The number of likely N-dealkylation sites (tertiary alicyclic amines) is 2. The zero-order chi connectivity index (χ0) is 109. The number of hydrogen-bond donors (Lipinski definition) is 12. The third-order valence-corrected chi connectivity index (χ3v) is 27.4. The highest BCUT2D eigenvalue weighted by atomic mass is 16.5. The molecule has 14 N–H and O–H groups in total. The Morgan fingerprint density at radius 1 is 0.520 bits per heavy atom. The first-order chi connectivity index (χ1) is 71.6. The first-order valence-electron chi connectivity index (χ1n) is 51.8. The summed E-state index contributed by atoms with van der Waals surface area (Å²) in [5, 5.41) is 39.6. The summed E-state index contributed by atoms with van der Waals surface area (Å²) in [5.74, 6) is -2.69. The summed E-state index contributed by atoms with van der Waals surface area (Å²) < 4.78 is 26.9. The van der Waals surface area contributed by atoms with Gasteiger partial charge >= 0.3 is 11.6 Å². The molecule has 4 aromatic carbocycles. The molecule has 8 heterocycles. The fourth-order valence-corrected chi connectivity index (χ4v) is 18.6. The minimum absolute atomic E-state index is 0.0113. The monoisotopic (exact) mass is 2060 g/mol. The molecule has 4 aliphatic rings. The predicted molar refractivity (Wildman–Crippen MR) is 568 cm³/mol. The molecule has 41 heteroatoms. The number of carbonyl (C=O) groups excluding carboxylic acids is 11. The molecule has 4 aliphatic heterocycles. The van der Waals surface area contributed by atoms with Crippen molar-refractivity contribution in [2.75, 3.05) is 98.8 Å². The minimum Gasteiger partial charge on any atom is -0.467 e. The number of unbranched alkanes of at least 4 members (excludes halogenated alkanes) is 5. The number of anilines is 2. The predicted octanol–water partition coefficient (Wildman–Crippen LogP) is 10.2. The number of fused-ring (bicyclic) bond motifs is 10. The van der Waals surface area contributed by atoms with Crippen LogP contribution in [-0.4, -0.2) is 260 Å². The van der Waals surface area contributed by atoms with E-state index in [9.17, 15) is 52.7 Å². The highest BCUT2D eigenvalue weighted by molar-refractivity contribution is 5.99. The molecular formula is C109H150N26O15. The SMILES string of the molecule is [C-]#[N+]c1nn(CCNC(=O)CCCCCCCCN[C@H]2C[C@@H](C(=O)N[C@H](CC)c3ccccc3)N(C(=O)[C@@H](NC(=O)[C@H](C)NC)C(C)(C)C)C2)c2c1-c1cnc(N)c(n1)O[C@H](C)c1cc(C)ccc1C(=O)N(C)C2.[C-]#[N+]c1nn(CCNC(=O)CCOCCOCCC(=O)N[C@H]2C[C@@H](C(=O)N[C@H](CC)c3ccccc3)N(C(=O)[C@@H](NC(=O)[C@H](C)NC)C(C)(C)C)C2)c2c1-c1cnc(N)c(n1)O[C@H](C)c1cc(C)ccc1C(=O)N(C)C2. The summed E-state index contributed by atoms with van der Waals surface area (Å²) in [5.41, 5.74) is 19.7. The van der Waals surface area contributed by atoms with E-state index in [1.807, 2.05) is 161 Å². The van der Waals surface area contributed by atoms with Gasteiger partial charge in [-0.15, -0.1) is 0 Å². The fourth-order valence-electron chi connectivity index (χ4n) is 18.6. The molecule has 0 spiro atoms. The standard InChI is InChI=1S/C55H77N13O6.C54H73N13O9/c1-11-41(37-21-17-16-18-22-37)62-51(71)43-30-38(32-67(43)54(73)47(55(5,6)7)64-50(70)35(3)57-8)59-26-20-15-13-12-14-19-23-45(69)60-27-28-68-44-33-66(10)53(72)39-25-24-34(2)29-40(39)36(4)74-52-48(56)61-31-42(63-52)46(44)49(58-9)65-68;1-11-39(35-15-13-12-14-16-35)61-50(71)41-28-36(30-66(41)53(73)46(54(5,6)7)63-49(70)33(3)56-8)60-44(69)20-24-75-26-25-74-23-19-43(68)58-21-22-67-42-31-65(10)52(72)37-18-17-32(2)27-38(37)34(4)76-51-47(55)59-29-40(62-51)45(42)48(57-9)64-67/h16-18,21-22,24-25,29,31,35-36,38,41,43,47,57,59H,11-15,19-20,23,26-28,30,32-33H2,1-8,10H3,(H2,56,61)(H,60,69)(H,62,71)(H,64,70);12-18,27,29,33-34,36,39,41,46,56H,11,19-26,28,30-31H2,1-8,10H3,(H2,55,59)(H,58,68)(H,60,69)(H,61,71)(H,63,70)/t35-,36+,38-,41+,43-,47+;33-,34+,36-,39+,41-,46+/m00/s1. The average molecular weight is 2060 g/mol. The molecule has 11 amide bonds. The van der Waals surface area contributed by atoms with Crippen LogP contribution in [0.3, 0.4) is 0 Å². The fraction of sp³-hybridized carbons (Fsp3) is 0.532. The Morgan fingerprint density at radius 2 is 0.920 bits per heavy atom. The van der Waals surface area contributed by atoms with Gasteiger partial charge in [0.25, 0.3) is 23.6 Å². The van der Waals surface area contributed by atoms with Gasteiger partial charge < -0.3 is 113 Å². The Bertz CT molecular complexity index is 6130. The maximum atomic E-state index is 14.4. The first kappa shape index (κ1) is 116. The largest absolute Gasteiger partial charge is 0.467 e. The molecule has 2 fully saturated rings. The van der Waals surface area contributed by atoms with Crippen LogP contribution in [0.25, 0.3) is 32.2 Å². The van der Waals surface area contributed by atoms with Crippen LogP contribution in [0.1, 0.15) is 256 Å². The molecule has 41 nitrogen and oxygen atoms in total. The summed E-state index contributed by atoms with van der Waals surface area (Å²) in [7, 11) is 6.71. The lowest BCUT2D eigenvalue weighted by atomic mass is 9.85. The van der Waals surface area contributed by atoms with Gasteiger partial charge in [-0.25, -0.2) is 19.9 Å². The number of rotatable bonds is 42. The average Bonchev–Trinajstić information content (AvgIpc) is 1.62. The second-order valence-corrected chi connectivity index (χ2v) is 41.0. The van der Waals surface area contributed by atoms with E-state index in [4.69, 9.17) is 48.5 Å². The number of aromatic nitrogens is 8. The number of aryl methyl sites for hydroxylation is 2. The van der Waals surface area contributed by atoms with Gasteiger partial charge in [0.2, 0.25) is 53.2 Å². The molecule has 12 rings (SSSR count). The second-order valence-electron chi connectivity index (χ2n) is 41.0. The number of nitrogens with two attached hydrogens (primary N) is 2. The lowest BCUT2D eigenvalue weighted by Crippen LogP contribution is -2.59. The molecule has 806 valence electrons. The van der Waals surface area contributed by atoms with Crippen molar-refractivity contribution < 1.29 is 71.7 Å². The smallest absolute Gasteiger partial charge is 0.305 e. The minimum atomic E-state index is -0.949. The number of amides is 11. The summed E-state index contributed by atoms with van der Waals surface area (Å²) in [4.78, 5) is 182. The van der Waals surface area contributed by atoms with Crippen molar-refractivity contribution in [1.82, 2.24) is 112 Å². The van der Waals surface area contributed by atoms with Gasteiger partial charge in [0, 0.05) is 93.9 Å². The molecule has 4 aromatic heterocycles. The van der Waals surface area contributed by atoms with E-state index in [1.54, 1.807) is 80.3 Å². The van der Waals surface area contributed by atoms with Crippen molar-refractivity contribution in [2.24, 2.45) is 10.8 Å². The normalized spacial score (nSPS) is 17.7. The molecular weight excluding hydrogens is 1910 g/mol. The Kier molecular flexibility index (Phi) is 41.9. The quantitative estimate of drug-likeness (QED) is 0.0125. The van der Waals surface area contributed by atoms with Crippen molar-refractivity contribution in [3.05, 3.63) is 188 Å². The Labute approximate surface area is 878 Å². The summed E-state index contributed by atoms with van der Waals surface area (Å²) in [6.07, 6.45) is 9.60. The van der Waals surface area contributed by atoms with Crippen molar-refractivity contribution in [2.45, 2.75) is 279 Å². The van der Waals surface area contributed by atoms with Crippen molar-refractivity contribution in [3.8, 4) is 34.3 Å². The Hall–Kier alpha value is -14.4. The number of hydrogen-bond acceptors (Lipinski definition) is 26. The Balaban J connectivity index is 0.000000285. The third-order valence-electron chi connectivity index (χ3n) is 27.4. The number of nitrogens with one attached hydrogen (secondary N) is 10. The highest BCUT2D eigenvalue weighted by Gasteiger charge is 2.49. The molecule has 150 heavy (non-hydrogen) atoms. The maximum Gasteiger partial charge on any atom is 0.305 e. The molecule has 2 saturated heterocycles. The zero-order valence-electron chi connectivity index (χ0n) is 89.7. The van der Waals surface area contributed by atoms with Crippen molar-refractivity contribution >= 4 is 88.3 Å². The van der Waals surface area contributed by atoms with E-state index in [0.717, 1.165) is 67.3 Å². The number of likely N-dealkylation sites (N-methyl/N-ethyl adjacent to an activating group) is 2. The summed E-state index contributed by atoms with van der Waals surface area (Å²) in [6.45, 7) is 44.8. The number of carbonyl (C=O) groups is 11. The third kappa shape index (κ3) is 30.7. The molecule has 8 aromatic rings. The summed E-state index contributed by atoms with van der Waals surface area (Å²) in [6, 6.07) is 24.9. The molecule has 0 radical (unpaired) electrons. The van der Waals surface area contributed by atoms with Gasteiger partial charge in [-0.2, -0.15) is 9.36 Å². The van der Waals surface area contributed by atoms with Crippen LogP contribution in [0.5, 0.6) is 11.8 Å². The van der Waals surface area contributed by atoms with Gasteiger partial charge in [0.1, 0.15) is 36.4 Å². The van der Waals surface area contributed by atoms with Crippen molar-refractivity contribution in [3.63, 3.8) is 0 Å². The van der Waals surface area contributed by atoms with Crippen LogP contribution in [-0.2, 0) is 78.8 Å². The van der Waals surface area contributed by atoms with Gasteiger partial charge in [0.05, 0.1) is 123 Å². The Morgan fingerprint density at radius 3 is 1.33 bits per heavy atom. The van der Waals surface area contributed by atoms with E-state index in [1.165, 1.54) is 22.2 Å². The number of nitrogen functional groups attached to an aromatic ring is 2. The van der Waals surface area contributed by atoms with Crippen LogP contribution in [0, 0.1) is 37.8 Å². The van der Waals surface area contributed by atoms with Gasteiger partial charge in [-0.3, -0.25) is 52.7 Å². The number of nitrogens with zero attached hydrogens (tertiary/aromatic N) is 14.